The number of thiocarbonyl (C=S) groups is 1. The molecule has 0 bridgehead atoms. The topological polar surface area (TPSA) is 61.4 Å². The molecule has 0 saturated carbocycles. The first-order valence-corrected chi connectivity index (χ1v) is 7.26. The van der Waals surface area contributed by atoms with Crippen LogP contribution in [-0.4, -0.2) is 16.1 Å². The number of benzene rings is 1. The third kappa shape index (κ3) is 5.17. The molecule has 1 rings (SSSR count). The van der Waals surface area contributed by atoms with Crippen LogP contribution in [0.2, 0.25) is 0 Å². The van der Waals surface area contributed by atoms with Crippen molar-refractivity contribution in [1.82, 2.24) is 5.32 Å². The lowest BCUT2D eigenvalue weighted by molar-refractivity contribution is -0.119. The zero-order valence-electron chi connectivity index (χ0n) is 12.2. The molecule has 0 aliphatic heterocycles. The number of phenols is 1. The molecule has 0 radical (unpaired) electrons. The van der Waals surface area contributed by atoms with E-state index >= 15 is 0 Å². The molecule has 1 amide bonds. The maximum atomic E-state index is 11.6. The van der Waals surface area contributed by atoms with E-state index in [9.17, 15) is 9.90 Å². The number of carbonyl (C=O) groups excluding carboxylic acids is 1. The van der Waals surface area contributed by atoms with Crippen LogP contribution in [0.5, 0.6) is 5.75 Å². The van der Waals surface area contributed by atoms with Crippen LogP contribution in [0.25, 0.3) is 0 Å². The summed E-state index contributed by atoms with van der Waals surface area (Å²) in [5.41, 5.74) is 2.30. The number of rotatable bonds is 5. The molecule has 0 fully saturated rings. The van der Waals surface area contributed by atoms with Crippen molar-refractivity contribution in [3.63, 3.8) is 0 Å². The summed E-state index contributed by atoms with van der Waals surface area (Å²) < 4.78 is 0. The zero-order chi connectivity index (χ0) is 15.1. The first-order chi connectivity index (χ1) is 9.43. The van der Waals surface area contributed by atoms with Crippen molar-refractivity contribution < 1.29 is 9.90 Å². The van der Waals surface area contributed by atoms with Gasteiger partial charge in [-0.05, 0) is 49.7 Å². The second-order valence-electron chi connectivity index (χ2n) is 4.94. The summed E-state index contributed by atoms with van der Waals surface area (Å²) in [5, 5.41) is 15.6. The Morgan fingerprint density at radius 3 is 2.65 bits per heavy atom. The monoisotopic (exact) mass is 294 g/mol. The van der Waals surface area contributed by atoms with Crippen LogP contribution in [0.3, 0.4) is 0 Å². The van der Waals surface area contributed by atoms with Gasteiger partial charge in [-0.25, -0.2) is 0 Å². The minimum atomic E-state index is -0.0974. The molecule has 0 heterocycles. The van der Waals surface area contributed by atoms with Crippen molar-refractivity contribution in [1.29, 1.82) is 0 Å². The average Bonchev–Trinajstić information content (AvgIpc) is 2.35. The molecule has 0 aromatic heterocycles. The highest BCUT2D eigenvalue weighted by atomic mass is 32.1. The van der Waals surface area contributed by atoms with E-state index in [1.165, 1.54) is 0 Å². The number of nitrogens with one attached hydrogen (secondary N) is 2. The molecule has 20 heavy (non-hydrogen) atoms. The summed E-state index contributed by atoms with van der Waals surface area (Å²) in [7, 11) is 0. The summed E-state index contributed by atoms with van der Waals surface area (Å²) in [6.45, 7) is 5.84. The van der Waals surface area contributed by atoms with Gasteiger partial charge in [-0.1, -0.05) is 25.8 Å². The summed E-state index contributed by atoms with van der Waals surface area (Å²) in [5.74, 6) is 0.0537. The standard InChI is InChI=1S/C15H22N2O2S/c1-4-5-6-7-13(18)17-15(20)16-12-9-10(2)8-11(3)14(12)19/h8-9,19H,4-7H2,1-3H3,(H2,16,17,18,20). The van der Waals surface area contributed by atoms with Crippen molar-refractivity contribution in [3.8, 4) is 5.75 Å². The van der Waals surface area contributed by atoms with Crippen molar-refractivity contribution in [2.24, 2.45) is 0 Å². The van der Waals surface area contributed by atoms with Gasteiger partial charge in [-0.2, -0.15) is 0 Å². The van der Waals surface area contributed by atoms with E-state index in [4.69, 9.17) is 12.2 Å². The maximum Gasteiger partial charge on any atom is 0.226 e. The Morgan fingerprint density at radius 1 is 1.30 bits per heavy atom. The van der Waals surface area contributed by atoms with Gasteiger partial charge in [0.2, 0.25) is 5.91 Å². The van der Waals surface area contributed by atoms with Gasteiger partial charge in [0.25, 0.3) is 0 Å². The van der Waals surface area contributed by atoms with E-state index in [0.29, 0.717) is 12.1 Å². The highest BCUT2D eigenvalue weighted by Crippen LogP contribution is 2.28. The van der Waals surface area contributed by atoms with E-state index in [1.54, 1.807) is 6.07 Å². The summed E-state index contributed by atoms with van der Waals surface area (Å²) in [4.78, 5) is 11.6. The molecule has 0 atom stereocenters. The molecule has 5 heteroatoms. The summed E-state index contributed by atoms with van der Waals surface area (Å²) >= 11 is 5.08. The van der Waals surface area contributed by atoms with E-state index in [-0.39, 0.29) is 16.8 Å². The number of carbonyl (C=O) groups is 1. The normalized spacial score (nSPS) is 10.2. The first-order valence-electron chi connectivity index (χ1n) is 6.85. The first kappa shape index (κ1) is 16.4. The number of anilines is 1. The Labute approximate surface area is 125 Å². The Hall–Kier alpha value is -1.62. The molecule has 3 N–H and O–H groups in total. The zero-order valence-corrected chi connectivity index (χ0v) is 13.1. The van der Waals surface area contributed by atoms with Crippen LogP contribution in [0.15, 0.2) is 12.1 Å². The molecule has 0 spiro atoms. The maximum absolute atomic E-state index is 11.6. The molecular formula is C15H22N2O2S. The number of aromatic hydroxyl groups is 1. The van der Waals surface area contributed by atoms with Crippen molar-refractivity contribution in [2.75, 3.05) is 5.32 Å². The van der Waals surface area contributed by atoms with Crippen LogP contribution < -0.4 is 10.6 Å². The van der Waals surface area contributed by atoms with Crippen LogP contribution in [0.4, 0.5) is 5.69 Å². The fourth-order valence-electron chi connectivity index (χ4n) is 1.93. The van der Waals surface area contributed by atoms with Gasteiger partial charge in [0.15, 0.2) is 5.11 Å². The minimum absolute atomic E-state index is 0.0974. The molecule has 1 aromatic rings. The second-order valence-corrected chi connectivity index (χ2v) is 5.35. The van der Waals surface area contributed by atoms with Crippen molar-refractivity contribution >= 4 is 28.9 Å². The van der Waals surface area contributed by atoms with Gasteiger partial charge in [-0.15, -0.1) is 0 Å². The Bertz CT molecular complexity index is 501. The number of amides is 1. The van der Waals surface area contributed by atoms with Crippen LogP contribution in [0, 0.1) is 13.8 Å². The lowest BCUT2D eigenvalue weighted by atomic mass is 10.1. The van der Waals surface area contributed by atoms with Gasteiger partial charge in [0, 0.05) is 6.42 Å². The average molecular weight is 294 g/mol. The Kier molecular flexibility index (Phi) is 6.45. The molecule has 110 valence electrons. The van der Waals surface area contributed by atoms with Gasteiger partial charge >= 0.3 is 0 Å². The molecular weight excluding hydrogens is 272 g/mol. The van der Waals surface area contributed by atoms with Crippen LogP contribution in [-0.2, 0) is 4.79 Å². The van der Waals surface area contributed by atoms with Gasteiger partial charge in [0.1, 0.15) is 5.75 Å². The van der Waals surface area contributed by atoms with E-state index in [0.717, 1.165) is 30.4 Å². The third-order valence-corrected chi connectivity index (χ3v) is 3.16. The van der Waals surface area contributed by atoms with Gasteiger partial charge in [0.05, 0.1) is 5.69 Å². The number of hydrogen-bond donors (Lipinski definition) is 3. The highest BCUT2D eigenvalue weighted by Gasteiger charge is 2.09. The minimum Gasteiger partial charge on any atom is -0.505 e. The number of aryl methyl sites for hydroxylation is 2. The summed E-state index contributed by atoms with van der Waals surface area (Å²) in [6.07, 6.45) is 3.44. The largest absolute Gasteiger partial charge is 0.505 e. The quantitative estimate of drug-likeness (QED) is 0.442. The second kappa shape index (κ2) is 7.85. The Morgan fingerprint density at radius 2 is 2.00 bits per heavy atom. The third-order valence-electron chi connectivity index (χ3n) is 2.95. The van der Waals surface area contributed by atoms with E-state index in [1.807, 2.05) is 19.9 Å². The predicted molar refractivity (Wildman–Crippen MR) is 86.1 cm³/mol. The van der Waals surface area contributed by atoms with Gasteiger partial charge < -0.3 is 15.7 Å². The summed E-state index contributed by atoms with van der Waals surface area (Å²) in [6, 6.07) is 3.67. The van der Waals surface area contributed by atoms with Crippen molar-refractivity contribution in [2.45, 2.75) is 46.5 Å². The Balaban J connectivity index is 2.56. The van der Waals surface area contributed by atoms with E-state index < -0.39 is 0 Å². The fraction of sp³-hybridized carbons (Fsp3) is 0.467. The lowest BCUT2D eigenvalue weighted by Crippen LogP contribution is -2.34. The van der Waals surface area contributed by atoms with Crippen molar-refractivity contribution in [3.05, 3.63) is 23.3 Å². The smallest absolute Gasteiger partial charge is 0.226 e. The molecule has 0 unspecified atom stereocenters. The van der Waals surface area contributed by atoms with Crippen LogP contribution in [0.1, 0.15) is 43.7 Å². The highest BCUT2D eigenvalue weighted by molar-refractivity contribution is 7.80. The fourth-order valence-corrected chi connectivity index (χ4v) is 2.16. The number of phenolic OH excluding ortho intramolecular Hbond substituents is 1. The lowest BCUT2D eigenvalue weighted by Gasteiger charge is -2.13. The number of hydrogen-bond acceptors (Lipinski definition) is 3. The van der Waals surface area contributed by atoms with Gasteiger partial charge in [-0.3, -0.25) is 4.79 Å². The molecule has 4 nitrogen and oxygen atoms in total. The van der Waals surface area contributed by atoms with Crippen LogP contribution >= 0.6 is 12.2 Å². The number of unbranched alkanes of at least 4 members (excludes halogenated alkanes) is 2. The van der Waals surface area contributed by atoms with E-state index in [2.05, 4.69) is 17.6 Å². The SMILES string of the molecule is CCCCCC(=O)NC(=S)Nc1cc(C)cc(C)c1O. The molecule has 1 aromatic carbocycles. The molecule has 0 aliphatic carbocycles. The molecule has 0 saturated heterocycles. The molecule has 0 aliphatic rings. The predicted octanol–water partition coefficient (Wildman–Crippen LogP) is 3.40.